The van der Waals surface area contributed by atoms with E-state index in [0.29, 0.717) is 47.2 Å². The molecule has 3 heterocycles. The Morgan fingerprint density at radius 2 is 1.85 bits per heavy atom. The van der Waals surface area contributed by atoms with Crippen molar-refractivity contribution >= 4 is 35.0 Å². The van der Waals surface area contributed by atoms with Crippen LogP contribution in [-0.2, 0) is 9.59 Å². The average molecular weight is 466 g/mol. The maximum atomic E-state index is 13.2. The molecular weight excluding hydrogens is 442 g/mol. The van der Waals surface area contributed by atoms with Gasteiger partial charge in [0.15, 0.2) is 0 Å². The lowest BCUT2D eigenvalue weighted by molar-refractivity contribution is -0.130. The van der Waals surface area contributed by atoms with E-state index in [1.54, 1.807) is 30.7 Å². The third-order valence-electron chi connectivity index (χ3n) is 5.77. The van der Waals surface area contributed by atoms with Crippen LogP contribution in [0.1, 0.15) is 34.6 Å². The summed E-state index contributed by atoms with van der Waals surface area (Å²) in [4.78, 5) is 44.5. The van der Waals surface area contributed by atoms with Gasteiger partial charge < -0.3 is 10.2 Å². The van der Waals surface area contributed by atoms with Crippen molar-refractivity contribution in [1.82, 2.24) is 19.7 Å². The van der Waals surface area contributed by atoms with Crippen molar-refractivity contribution in [3.8, 4) is 5.69 Å². The normalized spacial score (nSPS) is 15.8. The van der Waals surface area contributed by atoms with Crippen molar-refractivity contribution in [3.05, 3.63) is 70.6 Å². The minimum absolute atomic E-state index is 0.176. The molecule has 1 aliphatic heterocycles. The predicted octanol–water partition coefficient (Wildman–Crippen LogP) is 3.60. The summed E-state index contributed by atoms with van der Waals surface area (Å²) in [6.45, 7) is 4.10. The van der Waals surface area contributed by atoms with Gasteiger partial charge in [0, 0.05) is 19.3 Å². The number of piperidine rings is 1. The Hall–Kier alpha value is -3.52. The number of hydrogen-bond donors (Lipinski definition) is 1. The van der Waals surface area contributed by atoms with Crippen LogP contribution in [0.2, 0.25) is 5.02 Å². The Morgan fingerprint density at radius 3 is 2.55 bits per heavy atom. The molecule has 0 radical (unpaired) electrons. The van der Waals surface area contributed by atoms with Gasteiger partial charge >= 0.3 is 0 Å². The molecule has 2 aromatic heterocycles. The van der Waals surface area contributed by atoms with E-state index in [0.717, 1.165) is 5.69 Å². The van der Waals surface area contributed by atoms with Gasteiger partial charge in [-0.2, -0.15) is 5.10 Å². The predicted molar refractivity (Wildman–Crippen MR) is 125 cm³/mol. The highest BCUT2D eigenvalue weighted by Crippen LogP contribution is 2.23. The summed E-state index contributed by atoms with van der Waals surface area (Å²) < 4.78 is 1.67. The van der Waals surface area contributed by atoms with Crippen molar-refractivity contribution in [3.63, 3.8) is 0 Å². The zero-order valence-electron chi connectivity index (χ0n) is 18.4. The van der Waals surface area contributed by atoms with Gasteiger partial charge in [0.25, 0.3) is 11.7 Å². The quantitative estimate of drug-likeness (QED) is 0.458. The molecule has 0 spiro atoms. The molecule has 0 bridgehead atoms. The maximum absolute atomic E-state index is 13.2. The summed E-state index contributed by atoms with van der Waals surface area (Å²) in [6.07, 6.45) is 2.71. The SMILES string of the molecule is Cc1nn(-c2ccccc2)c(C)c1C(=O)C(=O)N1CCCC(C(=O)Nc2ccc(Cl)cn2)C1. The van der Waals surface area contributed by atoms with E-state index in [2.05, 4.69) is 15.4 Å². The molecular formula is C24H24ClN5O3. The zero-order chi connectivity index (χ0) is 23.5. The molecule has 3 aromatic rings. The zero-order valence-corrected chi connectivity index (χ0v) is 19.2. The van der Waals surface area contributed by atoms with Crippen LogP contribution in [0.5, 0.6) is 0 Å². The summed E-state index contributed by atoms with van der Waals surface area (Å²) in [6, 6.07) is 12.7. The van der Waals surface area contributed by atoms with E-state index in [4.69, 9.17) is 11.6 Å². The third-order valence-corrected chi connectivity index (χ3v) is 6.00. The number of carbonyl (C=O) groups excluding carboxylic acids is 3. The molecule has 1 N–H and O–H groups in total. The molecule has 2 amide bonds. The topological polar surface area (TPSA) is 97.2 Å². The van der Waals surface area contributed by atoms with E-state index in [1.807, 2.05) is 30.3 Å². The smallest absolute Gasteiger partial charge is 0.295 e. The number of amides is 2. The summed E-state index contributed by atoms with van der Waals surface area (Å²) in [5.41, 5.74) is 2.22. The first-order valence-corrected chi connectivity index (χ1v) is 11.1. The van der Waals surface area contributed by atoms with Gasteiger partial charge in [-0.25, -0.2) is 9.67 Å². The van der Waals surface area contributed by atoms with E-state index < -0.39 is 17.6 Å². The third kappa shape index (κ3) is 4.80. The lowest BCUT2D eigenvalue weighted by Gasteiger charge is -2.31. The molecule has 170 valence electrons. The van der Waals surface area contributed by atoms with Crippen molar-refractivity contribution in [2.24, 2.45) is 5.92 Å². The summed E-state index contributed by atoms with van der Waals surface area (Å²) in [7, 11) is 0. The van der Waals surface area contributed by atoms with Gasteiger partial charge in [-0.15, -0.1) is 0 Å². The second-order valence-corrected chi connectivity index (χ2v) is 8.50. The molecule has 1 aromatic carbocycles. The molecule has 1 atom stereocenters. The largest absolute Gasteiger partial charge is 0.335 e. The molecule has 1 fully saturated rings. The highest BCUT2D eigenvalue weighted by atomic mass is 35.5. The Labute approximate surface area is 196 Å². The monoisotopic (exact) mass is 465 g/mol. The van der Waals surface area contributed by atoms with Crippen molar-refractivity contribution in [2.75, 3.05) is 18.4 Å². The Kier molecular flexibility index (Phi) is 6.55. The number of benzene rings is 1. The molecule has 0 saturated carbocycles. The first-order valence-electron chi connectivity index (χ1n) is 10.7. The van der Waals surface area contributed by atoms with E-state index in [-0.39, 0.29) is 12.5 Å². The molecule has 8 nitrogen and oxygen atoms in total. The number of anilines is 1. The number of aryl methyl sites for hydroxylation is 1. The highest BCUT2D eigenvalue weighted by Gasteiger charge is 2.34. The van der Waals surface area contributed by atoms with Crippen molar-refractivity contribution in [2.45, 2.75) is 26.7 Å². The molecule has 4 rings (SSSR count). The second kappa shape index (κ2) is 9.54. The van der Waals surface area contributed by atoms with Gasteiger partial charge in [-0.05, 0) is 51.0 Å². The van der Waals surface area contributed by atoms with Crippen LogP contribution in [0.4, 0.5) is 5.82 Å². The summed E-state index contributed by atoms with van der Waals surface area (Å²) in [5, 5.41) is 7.70. The molecule has 0 aliphatic carbocycles. The fourth-order valence-corrected chi connectivity index (χ4v) is 4.21. The van der Waals surface area contributed by atoms with Gasteiger partial charge in [0.1, 0.15) is 5.82 Å². The lowest BCUT2D eigenvalue weighted by Crippen LogP contribution is -2.46. The van der Waals surface area contributed by atoms with E-state index in [1.165, 1.54) is 11.1 Å². The number of pyridine rings is 1. The molecule has 1 unspecified atom stereocenters. The molecule has 1 saturated heterocycles. The number of halogens is 1. The number of nitrogens with zero attached hydrogens (tertiary/aromatic N) is 4. The van der Waals surface area contributed by atoms with Gasteiger partial charge in [0.2, 0.25) is 5.91 Å². The van der Waals surface area contributed by atoms with Crippen LogP contribution in [0.3, 0.4) is 0 Å². The number of para-hydroxylation sites is 1. The number of aromatic nitrogens is 3. The minimum atomic E-state index is -0.615. The first-order chi connectivity index (χ1) is 15.8. The van der Waals surface area contributed by atoms with Gasteiger partial charge in [-0.1, -0.05) is 29.8 Å². The van der Waals surface area contributed by atoms with Gasteiger partial charge in [-0.3, -0.25) is 14.4 Å². The Bertz CT molecular complexity index is 1190. The first kappa shape index (κ1) is 22.7. The molecule has 9 heteroatoms. The fourth-order valence-electron chi connectivity index (χ4n) is 4.10. The number of Topliss-reactive ketones (excluding diaryl/α,β-unsaturated/α-hetero) is 1. The minimum Gasteiger partial charge on any atom is -0.335 e. The number of nitrogens with one attached hydrogen (secondary N) is 1. The number of rotatable bonds is 5. The van der Waals surface area contributed by atoms with Gasteiger partial charge in [0.05, 0.1) is 33.6 Å². The number of ketones is 1. The average Bonchev–Trinajstić information content (AvgIpc) is 3.14. The Morgan fingerprint density at radius 1 is 1.09 bits per heavy atom. The van der Waals surface area contributed by atoms with Crippen LogP contribution >= 0.6 is 11.6 Å². The summed E-state index contributed by atoms with van der Waals surface area (Å²) >= 11 is 5.83. The lowest BCUT2D eigenvalue weighted by atomic mass is 9.96. The standard InChI is InChI=1S/C24H24ClN5O3/c1-15-21(16(2)30(28-15)19-8-4-3-5-9-19)22(31)24(33)29-12-6-7-17(14-29)23(32)27-20-11-10-18(25)13-26-20/h3-5,8-11,13,17H,6-7,12,14H2,1-2H3,(H,26,27,32). The van der Waals surface area contributed by atoms with Crippen LogP contribution in [-0.4, -0.2) is 50.4 Å². The molecule has 33 heavy (non-hydrogen) atoms. The van der Waals surface area contributed by atoms with Crippen LogP contribution in [0.25, 0.3) is 5.69 Å². The summed E-state index contributed by atoms with van der Waals surface area (Å²) in [5.74, 6) is -1.49. The fraction of sp³-hybridized carbons (Fsp3) is 0.292. The van der Waals surface area contributed by atoms with Crippen molar-refractivity contribution < 1.29 is 14.4 Å². The van der Waals surface area contributed by atoms with E-state index in [9.17, 15) is 14.4 Å². The number of hydrogen-bond acceptors (Lipinski definition) is 5. The van der Waals surface area contributed by atoms with Crippen LogP contribution in [0, 0.1) is 19.8 Å². The Balaban J connectivity index is 1.48. The number of carbonyl (C=O) groups is 3. The van der Waals surface area contributed by atoms with E-state index >= 15 is 0 Å². The highest BCUT2D eigenvalue weighted by molar-refractivity contribution is 6.43. The maximum Gasteiger partial charge on any atom is 0.295 e. The second-order valence-electron chi connectivity index (χ2n) is 8.06. The number of likely N-dealkylation sites (tertiary alicyclic amines) is 1. The molecule has 1 aliphatic rings. The van der Waals surface area contributed by atoms with Crippen LogP contribution in [0.15, 0.2) is 48.7 Å². The van der Waals surface area contributed by atoms with Crippen molar-refractivity contribution in [1.29, 1.82) is 0 Å². The van der Waals surface area contributed by atoms with Crippen LogP contribution < -0.4 is 5.32 Å².